The molecule has 29 heavy (non-hydrogen) atoms. The first-order chi connectivity index (χ1) is 14.0. The summed E-state index contributed by atoms with van der Waals surface area (Å²) in [6, 6.07) is 13.2. The van der Waals surface area contributed by atoms with Crippen LogP contribution in [0.1, 0.15) is 18.1 Å². The molecular weight excluding hydrogens is 395 g/mol. The van der Waals surface area contributed by atoms with Crippen LogP contribution >= 0.6 is 11.8 Å². The summed E-state index contributed by atoms with van der Waals surface area (Å²) in [6.45, 7) is 1.90. The van der Waals surface area contributed by atoms with E-state index in [0.717, 1.165) is 11.3 Å². The maximum atomic E-state index is 13.1. The van der Waals surface area contributed by atoms with Gasteiger partial charge in [-0.1, -0.05) is 11.8 Å². The third-order valence-electron chi connectivity index (χ3n) is 4.17. The first-order valence-corrected chi connectivity index (χ1v) is 9.54. The lowest BCUT2D eigenvalue weighted by Gasteiger charge is -2.07. The number of nitrogens with zero attached hydrogens (tertiary/aromatic N) is 5. The van der Waals surface area contributed by atoms with Crippen molar-refractivity contribution in [3.05, 3.63) is 60.2 Å². The van der Waals surface area contributed by atoms with Crippen LogP contribution in [0.2, 0.25) is 0 Å². The van der Waals surface area contributed by atoms with Crippen molar-refractivity contribution >= 4 is 11.8 Å². The van der Waals surface area contributed by atoms with Gasteiger partial charge in [0.05, 0.1) is 12.4 Å². The van der Waals surface area contributed by atoms with Gasteiger partial charge in [-0.2, -0.15) is 0 Å². The summed E-state index contributed by atoms with van der Waals surface area (Å²) in [5.41, 5.74) is 1.46. The summed E-state index contributed by atoms with van der Waals surface area (Å²) < 4.78 is 25.4. The van der Waals surface area contributed by atoms with Crippen molar-refractivity contribution in [1.29, 1.82) is 0 Å². The van der Waals surface area contributed by atoms with E-state index in [9.17, 15) is 4.39 Å². The molecule has 0 spiro atoms. The average Bonchev–Trinajstić information content (AvgIpc) is 3.37. The van der Waals surface area contributed by atoms with E-state index in [1.807, 2.05) is 31.2 Å². The van der Waals surface area contributed by atoms with Crippen LogP contribution in [0.25, 0.3) is 22.8 Å². The van der Waals surface area contributed by atoms with Gasteiger partial charge in [0, 0.05) is 11.1 Å². The van der Waals surface area contributed by atoms with E-state index >= 15 is 0 Å². The summed E-state index contributed by atoms with van der Waals surface area (Å²) in [4.78, 5) is 0. The fourth-order valence-electron chi connectivity index (χ4n) is 2.61. The van der Waals surface area contributed by atoms with E-state index in [2.05, 4.69) is 20.4 Å². The maximum Gasteiger partial charge on any atom is 0.247 e. The maximum absolute atomic E-state index is 13.1. The van der Waals surface area contributed by atoms with Gasteiger partial charge in [0.15, 0.2) is 5.82 Å². The Balaban J connectivity index is 1.51. The van der Waals surface area contributed by atoms with E-state index in [-0.39, 0.29) is 11.1 Å². The lowest BCUT2D eigenvalue weighted by Crippen LogP contribution is -2.12. The lowest BCUT2D eigenvalue weighted by molar-refractivity contribution is 0.415. The Morgan fingerprint density at radius 1 is 1.00 bits per heavy atom. The molecule has 0 fully saturated rings. The lowest BCUT2D eigenvalue weighted by atomic mass is 10.2. The third-order valence-corrected chi connectivity index (χ3v) is 5.22. The van der Waals surface area contributed by atoms with Crippen LogP contribution in [0.15, 0.2) is 58.1 Å². The quantitative estimate of drug-likeness (QED) is 0.377. The monoisotopic (exact) mass is 412 g/mol. The van der Waals surface area contributed by atoms with Gasteiger partial charge in [-0.25, -0.2) is 9.07 Å². The molecule has 4 rings (SSSR count). The van der Waals surface area contributed by atoms with Gasteiger partial charge in [-0.3, -0.25) is 0 Å². The zero-order valence-electron chi connectivity index (χ0n) is 15.6. The molecular formula is C19H17FN6O2S. The number of hydrogen-bond acceptors (Lipinski definition) is 8. The second-order valence-corrected chi connectivity index (χ2v) is 7.43. The van der Waals surface area contributed by atoms with Crippen LogP contribution in [0, 0.1) is 5.82 Å². The molecule has 1 atom stereocenters. The first-order valence-electron chi connectivity index (χ1n) is 8.66. The number of hydrogen-bond donors (Lipinski definition) is 1. The smallest absolute Gasteiger partial charge is 0.247 e. The molecule has 2 N–H and O–H groups in total. The normalized spacial score (nSPS) is 12.1. The Bertz CT molecular complexity index is 1110. The largest absolute Gasteiger partial charge is 0.497 e. The second kappa shape index (κ2) is 7.92. The number of methoxy groups -OCH3 is 1. The standard InChI is InChI=1S/C19H17FN6O2S/c1-11(17-23-24-18(28-17)13-3-7-14(20)8-4-13)29-19-25-22-16(26(19)21)12-5-9-15(27-2)10-6-12/h3-11H,21H2,1-2H3/t11-/m1/s1. The highest BCUT2D eigenvalue weighted by Gasteiger charge is 2.21. The molecule has 0 unspecified atom stereocenters. The van der Waals surface area contributed by atoms with Crippen molar-refractivity contribution in [3.63, 3.8) is 0 Å². The molecule has 10 heteroatoms. The van der Waals surface area contributed by atoms with Crippen LogP contribution in [0.4, 0.5) is 4.39 Å². The molecule has 148 valence electrons. The molecule has 2 aromatic carbocycles. The van der Waals surface area contributed by atoms with E-state index in [4.69, 9.17) is 15.0 Å². The van der Waals surface area contributed by atoms with Gasteiger partial charge < -0.3 is 15.0 Å². The Kier molecular flexibility index (Phi) is 5.17. The number of thioether (sulfide) groups is 1. The second-order valence-electron chi connectivity index (χ2n) is 6.12. The number of ether oxygens (including phenoxy) is 1. The predicted molar refractivity (Wildman–Crippen MR) is 106 cm³/mol. The molecule has 8 nitrogen and oxygen atoms in total. The molecule has 0 aliphatic carbocycles. The van der Waals surface area contributed by atoms with Gasteiger partial charge in [0.2, 0.25) is 16.9 Å². The topological polar surface area (TPSA) is 105 Å². The van der Waals surface area contributed by atoms with Crippen molar-refractivity contribution in [2.45, 2.75) is 17.3 Å². The number of rotatable bonds is 6. The van der Waals surface area contributed by atoms with Crippen LogP contribution in [0.3, 0.4) is 0 Å². The highest BCUT2D eigenvalue weighted by atomic mass is 32.2. The molecule has 0 saturated heterocycles. The number of benzene rings is 2. The van der Waals surface area contributed by atoms with Gasteiger partial charge in [-0.15, -0.1) is 20.4 Å². The summed E-state index contributed by atoms with van der Waals surface area (Å²) in [6.07, 6.45) is 0. The predicted octanol–water partition coefficient (Wildman–Crippen LogP) is 3.71. The summed E-state index contributed by atoms with van der Waals surface area (Å²) >= 11 is 1.34. The van der Waals surface area contributed by atoms with Crippen LogP contribution in [-0.2, 0) is 0 Å². The van der Waals surface area contributed by atoms with E-state index in [1.54, 1.807) is 19.2 Å². The molecule has 2 aromatic heterocycles. The highest BCUT2D eigenvalue weighted by Crippen LogP contribution is 2.35. The van der Waals surface area contributed by atoms with E-state index < -0.39 is 0 Å². The Morgan fingerprint density at radius 2 is 1.69 bits per heavy atom. The molecule has 0 radical (unpaired) electrons. The van der Waals surface area contributed by atoms with Crippen LogP contribution in [-0.4, -0.2) is 32.2 Å². The SMILES string of the molecule is COc1ccc(-c2nnc(S[C@H](C)c3nnc(-c4ccc(F)cc4)o3)n2N)cc1. The summed E-state index contributed by atoms with van der Waals surface area (Å²) in [5.74, 6) is 7.85. The third kappa shape index (κ3) is 3.92. The minimum Gasteiger partial charge on any atom is -0.497 e. The molecule has 0 amide bonds. The van der Waals surface area contributed by atoms with E-state index in [0.29, 0.717) is 28.3 Å². The highest BCUT2D eigenvalue weighted by molar-refractivity contribution is 7.99. The van der Waals surface area contributed by atoms with Crippen LogP contribution in [0.5, 0.6) is 5.75 Å². The van der Waals surface area contributed by atoms with Gasteiger partial charge in [-0.05, 0) is 55.5 Å². The minimum atomic E-state index is -0.327. The Hall–Kier alpha value is -3.40. The fourth-order valence-corrected chi connectivity index (χ4v) is 3.41. The number of nitrogens with two attached hydrogens (primary N) is 1. The zero-order valence-corrected chi connectivity index (χ0v) is 16.4. The summed E-state index contributed by atoms with van der Waals surface area (Å²) in [5, 5.41) is 16.7. The fraction of sp³-hybridized carbons (Fsp3) is 0.158. The van der Waals surface area contributed by atoms with Crippen molar-refractivity contribution in [2.75, 3.05) is 13.0 Å². The Labute approximate surface area is 169 Å². The van der Waals surface area contributed by atoms with Crippen molar-refractivity contribution < 1.29 is 13.5 Å². The van der Waals surface area contributed by atoms with Crippen molar-refractivity contribution in [3.8, 4) is 28.6 Å². The molecule has 0 aliphatic rings. The minimum absolute atomic E-state index is 0.216. The van der Waals surface area contributed by atoms with Crippen LogP contribution < -0.4 is 10.6 Å². The molecule has 0 saturated carbocycles. The molecule has 0 aliphatic heterocycles. The van der Waals surface area contributed by atoms with Gasteiger partial charge in [0.1, 0.15) is 11.6 Å². The number of halogens is 1. The van der Waals surface area contributed by atoms with Gasteiger partial charge >= 0.3 is 0 Å². The molecule has 0 bridgehead atoms. The number of nitrogen functional groups attached to an aromatic ring is 1. The molecule has 4 aromatic rings. The Morgan fingerprint density at radius 3 is 2.38 bits per heavy atom. The zero-order chi connectivity index (χ0) is 20.4. The van der Waals surface area contributed by atoms with Gasteiger partial charge in [0.25, 0.3) is 0 Å². The molecule has 2 heterocycles. The summed E-state index contributed by atoms with van der Waals surface area (Å²) in [7, 11) is 1.61. The van der Waals surface area contributed by atoms with Crippen molar-refractivity contribution in [2.24, 2.45) is 0 Å². The van der Waals surface area contributed by atoms with Crippen molar-refractivity contribution in [1.82, 2.24) is 25.1 Å². The average molecular weight is 412 g/mol. The number of aromatic nitrogens is 5. The first kappa shape index (κ1) is 18.9. The van der Waals surface area contributed by atoms with E-state index in [1.165, 1.54) is 28.6 Å².